The molecule has 0 saturated carbocycles. The van der Waals surface area contributed by atoms with Crippen LogP contribution < -0.4 is 5.73 Å². The number of nitrogens with two attached hydrogens (primary N) is 1. The smallest absolute Gasteiger partial charge is 0.110 e. The van der Waals surface area contributed by atoms with Crippen molar-refractivity contribution in [3.05, 3.63) is 46.0 Å². The Balaban J connectivity index is 2.53. The van der Waals surface area contributed by atoms with Crippen molar-refractivity contribution in [3.8, 4) is 5.69 Å². The summed E-state index contributed by atoms with van der Waals surface area (Å²) in [4.78, 5) is 4.39. The Labute approximate surface area is 103 Å². The van der Waals surface area contributed by atoms with Crippen LogP contribution in [0.15, 0.2) is 28.9 Å². The van der Waals surface area contributed by atoms with Gasteiger partial charge in [0, 0.05) is 17.2 Å². The molecule has 0 atom stereocenters. The predicted octanol–water partition coefficient (Wildman–Crippen LogP) is 2.71. The second-order valence-corrected chi connectivity index (χ2v) is 4.66. The molecule has 2 N–H and O–H groups in total. The molecule has 3 nitrogen and oxygen atoms in total. The minimum atomic E-state index is 0.470. The van der Waals surface area contributed by atoms with Gasteiger partial charge in [-0.25, -0.2) is 4.98 Å². The van der Waals surface area contributed by atoms with Crippen LogP contribution in [0.4, 0.5) is 0 Å². The summed E-state index contributed by atoms with van der Waals surface area (Å²) < 4.78 is 3.11. The zero-order valence-electron chi connectivity index (χ0n) is 9.37. The molecule has 1 aromatic heterocycles. The number of imidazole rings is 1. The lowest BCUT2D eigenvalue weighted by Crippen LogP contribution is -1.97. The predicted molar refractivity (Wildman–Crippen MR) is 68.6 cm³/mol. The Morgan fingerprint density at radius 1 is 1.38 bits per heavy atom. The summed E-state index contributed by atoms with van der Waals surface area (Å²) in [6, 6.07) is 6.26. The summed E-state index contributed by atoms with van der Waals surface area (Å²) in [6.07, 6.45) is 1.98. The molecular formula is C12H14BrN3. The topological polar surface area (TPSA) is 43.8 Å². The molecule has 0 aliphatic carbocycles. The molecule has 0 radical (unpaired) electrons. The quantitative estimate of drug-likeness (QED) is 0.919. The van der Waals surface area contributed by atoms with Gasteiger partial charge in [0.2, 0.25) is 0 Å². The van der Waals surface area contributed by atoms with E-state index in [2.05, 4.69) is 46.0 Å². The van der Waals surface area contributed by atoms with Gasteiger partial charge in [0.1, 0.15) is 5.82 Å². The van der Waals surface area contributed by atoms with E-state index in [0.717, 1.165) is 21.7 Å². The molecule has 2 aromatic rings. The molecule has 0 spiro atoms. The van der Waals surface area contributed by atoms with Crippen LogP contribution in [0.25, 0.3) is 5.69 Å². The average Bonchev–Trinajstić information content (AvgIpc) is 2.60. The van der Waals surface area contributed by atoms with Crippen LogP contribution in [-0.2, 0) is 6.54 Å². The lowest BCUT2D eigenvalue weighted by atomic mass is 10.2. The number of aromatic nitrogens is 2. The molecule has 0 aliphatic heterocycles. The highest BCUT2D eigenvalue weighted by molar-refractivity contribution is 9.10. The van der Waals surface area contributed by atoms with Gasteiger partial charge in [-0.3, -0.25) is 0 Å². The van der Waals surface area contributed by atoms with Gasteiger partial charge < -0.3 is 10.3 Å². The maximum Gasteiger partial charge on any atom is 0.110 e. The number of hydrogen-bond donors (Lipinski definition) is 1. The summed E-state index contributed by atoms with van der Waals surface area (Å²) in [6.45, 7) is 4.52. The molecule has 0 aliphatic rings. The van der Waals surface area contributed by atoms with Gasteiger partial charge in [-0.15, -0.1) is 0 Å². The third kappa shape index (κ3) is 2.03. The molecule has 0 saturated heterocycles. The van der Waals surface area contributed by atoms with Gasteiger partial charge >= 0.3 is 0 Å². The summed E-state index contributed by atoms with van der Waals surface area (Å²) >= 11 is 3.57. The zero-order chi connectivity index (χ0) is 11.7. The highest BCUT2D eigenvalue weighted by atomic mass is 79.9. The van der Waals surface area contributed by atoms with Crippen LogP contribution >= 0.6 is 15.9 Å². The Morgan fingerprint density at radius 3 is 2.69 bits per heavy atom. The first kappa shape index (κ1) is 11.4. The molecule has 0 fully saturated rings. The highest BCUT2D eigenvalue weighted by Crippen LogP contribution is 2.23. The van der Waals surface area contributed by atoms with E-state index in [4.69, 9.17) is 5.73 Å². The number of benzene rings is 1. The van der Waals surface area contributed by atoms with Crippen molar-refractivity contribution in [2.45, 2.75) is 20.4 Å². The summed E-state index contributed by atoms with van der Waals surface area (Å²) in [5.74, 6) is 0.949. The molecule has 0 unspecified atom stereocenters. The van der Waals surface area contributed by atoms with Gasteiger partial charge in [0.25, 0.3) is 0 Å². The average molecular weight is 280 g/mol. The standard InChI is InChI=1S/C12H14BrN3/c1-8-3-4-12(11(13)5-8)16-7-10(6-14)15-9(16)2/h3-5,7H,6,14H2,1-2H3. The highest BCUT2D eigenvalue weighted by Gasteiger charge is 2.07. The molecule has 1 heterocycles. The van der Waals surface area contributed by atoms with Crippen LogP contribution in [0.1, 0.15) is 17.1 Å². The number of rotatable bonds is 2. The van der Waals surface area contributed by atoms with Gasteiger partial charge in [-0.2, -0.15) is 0 Å². The molecule has 16 heavy (non-hydrogen) atoms. The van der Waals surface area contributed by atoms with E-state index in [1.807, 2.05) is 17.7 Å². The SMILES string of the molecule is Cc1ccc(-n2cc(CN)nc2C)c(Br)c1. The zero-order valence-corrected chi connectivity index (χ0v) is 11.0. The van der Waals surface area contributed by atoms with Crippen LogP contribution in [-0.4, -0.2) is 9.55 Å². The van der Waals surface area contributed by atoms with Gasteiger partial charge in [0.05, 0.1) is 11.4 Å². The summed E-state index contributed by atoms with van der Waals surface area (Å²) in [5.41, 5.74) is 8.81. The Kier molecular flexibility index (Phi) is 3.12. The molecular weight excluding hydrogens is 266 g/mol. The second-order valence-electron chi connectivity index (χ2n) is 3.81. The van der Waals surface area contributed by atoms with Crippen molar-refractivity contribution in [1.82, 2.24) is 9.55 Å². The van der Waals surface area contributed by atoms with Crippen molar-refractivity contribution < 1.29 is 0 Å². The molecule has 0 amide bonds. The molecule has 1 aromatic carbocycles. The van der Waals surface area contributed by atoms with Crippen molar-refractivity contribution in [3.63, 3.8) is 0 Å². The van der Waals surface area contributed by atoms with Crippen molar-refractivity contribution in [1.29, 1.82) is 0 Å². The maximum atomic E-state index is 5.58. The van der Waals surface area contributed by atoms with E-state index in [1.165, 1.54) is 5.56 Å². The molecule has 4 heteroatoms. The fraction of sp³-hybridized carbons (Fsp3) is 0.250. The minimum Gasteiger partial charge on any atom is -0.325 e. The van der Waals surface area contributed by atoms with E-state index in [9.17, 15) is 0 Å². The van der Waals surface area contributed by atoms with E-state index >= 15 is 0 Å². The van der Waals surface area contributed by atoms with Gasteiger partial charge in [-0.05, 0) is 47.5 Å². The van der Waals surface area contributed by atoms with Gasteiger partial charge in [-0.1, -0.05) is 6.07 Å². The van der Waals surface area contributed by atoms with E-state index in [1.54, 1.807) is 0 Å². The Morgan fingerprint density at radius 2 is 2.12 bits per heavy atom. The fourth-order valence-electron chi connectivity index (χ4n) is 1.68. The van der Waals surface area contributed by atoms with Crippen LogP contribution in [0.2, 0.25) is 0 Å². The van der Waals surface area contributed by atoms with Crippen LogP contribution in [0, 0.1) is 13.8 Å². The first-order valence-electron chi connectivity index (χ1n) is 5.13. The van der Waals surface area contributed by atoms with Crippen molar-refractivity contribution in [2.24, 2.45) is 5.73 Å². The molecule has 2 rings (SSSR count). The third-order valence-corrected chi connectivity index (χ3v) is 3.14. The summed E-state index contributed by atoms with van der Waals surface area (Å²) in [5, 5.41) is 0. The van der Waals surface area contributed by atoms with Crippen molar-refractivity contribution in [2.75, 3.05) is 0 Å². The largest absolute Gasteiger partial charge is 0.325 e. The Hall–Kier alpha value is -1.13. The number of halogens is 1. The monoisotopic (exact) mass is 279 g/mol. The van der Waals surface area contributed by atoms with E-state index < -0.39 is 0 Å². The van der Waals surface area contributed by atoms with E-state index in [-0.39, 0.29) is 0 Å². The first-order chi connectivity index (χ1) is 7.61. The second kappa shape index (κ2) is 4.39. The minimum absolute atomic E-state index is 0.470. The summed E-state index contributed by atoms with van der Waals surface area (Å²) in [7, 11) is 0. The number of hydrogen-bond acceptors (Lipinski definition) is 2. The fourth-order valence-corrected chi connectivity index (χ4v) is 2.37. The van der Waals surface area contributed by atoms with E-state index in [0.29, 0.717) is 6.54 Å². The molecule has 0 bridgehead atoms. The number of aryl methyl sites for hydroxylation is 2. The molecule has 84 valence electrons. The Bertz CT molecular complexity index is 517. The normalized spacial score (nSPS) is 10.8. The van der Waals surface area contributed by atoms with Crippen molar-refractivity contribution >= 4 is 15.9 Å². The van der Waals surface area contributed by atoms with Gasteiger partial charge in [0.15, 0.2) is 0 Å². The van der Waals surface area contributed by atoms with Crippen LogP contribution in [0.5, 0.6) is 0 Å². The van der Waals surface area contributed by atoms with Crippen LogP contribution in [0.3, 0.4) is 0 Å². The number of nitrogens with zero attached hydrogens (tertiary/aromatic N) is 2. The maximum absolute atomic E-state index is 5.58. The lowest BCUT2D eigenvalue weighted by molar-refractivity contribution is 0.964. The first-order valence-corrected chi connectivity index (χ1v) is 5.92. The lowest BCUT2D eigenvalue weighted by Gasteiger charge is -2.08. The third-order valence-electron chi connectivity index (χ3n) is 2.50.